The molecule has 27 heavy (non-hydrogen) atoms. The summed E-state index contributed by atoms with van der Waals surface area (Å²) in [5.41, 5.74) is 1.34. The zero-order valence-corrected chi connectivity index (χ0v) is 17.7. The third-order valence-corrected chi connectivity index (χ3v) is 6.72. The van der Waals surface area contributed by atoms with Crippen LogP contribution in [-0.2, 0) is 14.8 Å². The standard InChI is InChI=1S/C16H20N4O4S3/c1-9(2)25-16-19-18-15(26-16)17-14(21)13-8-20(27(4,22)23)11-7-10(3)5-6-12(11)24-13/h5-7,9,13H,8H2,1-4H3,(H,17,18,21). The first kappa shape index (κ1) is 19.9. The van der Waals surface area contributed by atoms with Crippen LogP contribution in [0.15, 0.2) is 22.5 Å². The van der Waals surface area contributed by atoms with Crippen LogP contribution in [0.1, 0.15) is 19.4 Å². The van der Waals surface area contributed by atoms with Crippen LogP contribution < -0.4 is 14.4 Å². The number of aryl methyl sites for hydroxylation is 1. The topological polar surface area (TPSA) is 101 Å². The molecule has 146 valence electrons. The summed E-state index contributed by atoms with van der Waals surface area (Å²) in [5.74, 6) is -0.113. The van der Waals surface area contributed by atoms with Gasteiger partial charge in [-0.2, -0.15) is 0 Å². The summed E-state index contributed by atoms with van der Waals surface area (Å²) in [6, 6.07) is 5.20. The number of carbonyl (C=O) groups excluding carboxylic acids is 1. The quantitative estimate of drug-likeness (QED) is 0.577. The van der Waals surface area contributed by atoms with Crippen LogP contribution in [0.25, 0.3) is 0 Å². The molecule has 1 aromatic carbocycles. The van der Waals surface area contributed by atoms with Crippen molar-refractivity contribution in [2.24, 2.45) is 0 Å². The van der Waals surface area contributed by atoms with Gasteiger partial charge in [-0.3, -0.25) is 14.4 Å². The Hall–Kier alpha value is -1.85. The first-order chi connectivity index (χ1) is 12.6. The molecule has 0 fully saturated rings. The highest BCUT2D eigenvalue weighted by molar-refractivity contribution is 8.01. The van der Waals surface area contributed by atoms with Crippen LogP contribution in [0.2, 0.25) is 0 Å². The van der Waals surface area contributed by atoms with E-state index in [1.165, 1.54) is 15.6 Å². The number of aromatic nitrogens is 2. The molecule has 1 aliphatic rings. The molecule has 1 atom stereocenters. The average molecular weight is 429 g/mol. The third kappa shape index (κ3) is 4.71. The van der Waals surface area contributed by atoms with Crippen molar-refractivity contribution >= 4 is 49.8 Å². The van der Waals surface area contributed by atoms with E-state index >= 15 is 0 Å². The molecule has 1 unspecified atom stereocenters. The van der Waals surface area contributed by atoms with Gasteiger partial charge in [0.15, 0.2) is 10.4 Å². The molecule has 0 bridgehead atoms. The zero-order valence-electron chi connectivity index (χ0n) is 15.3. The number of sulfonamides is 1. The van der Waals surface area contributed by atoms with Crippen molar-refractivity contribution in [3.8, 4) is 5.75 Å². The van der Waals surface area contributed by atoms with Gasteiger partial charge in [-0.05, 0) is 24.6 Å². The maximum absolute atomic E-state index is 12.6. The van der Waals surface area contributed by atoms with Gasteiger partial charge in [0, 0.05) is 5.25 Å². The molecule has 0 saturated heterocycles. The van der Waals surface area contributed by atoms with Gasteiger partial charge in [-0.15, -0.1) is 10.2 Å². The van der Waals surface area contributed by atoms with E-state index in [0.29, 0.717) is 21.8 Å². The largest absolute Gasteiger partial charge is 0.476 e. The summed E-state index contributed by atoms with van der Waals surface area (Å²) >= 11 is 2.82. The second kappa shape index (κ2) is 7.64. The molecular formula is C16H20N4O4S3. The normalized spacial score (nSPS) is 16.8. The number of nitrogens with zero attached hydrogens (tertiary/aromatic N) is 3. The maximum Gasteiger partial charge on any atom is 0.269 e. The second-order valence-electron chi connectivity index (χ2n) is 6.40. The predicted octanol–water partition coefficient (Wildman–Crippen LogP) is 2.51. The first-order valence-electron chi connectivity index (χ1n) is 8.19. The minimum atomic E-state index is -3.56. The highest BCUT2D eigenvalue weighted by atomic mass is 32.2. The number of carbonyl (C=O) groups is 1. The SMILES string of the molecule is Cc1ccc2c(c1)N(S(C)(=O)=O)CC(C(=O)Nc1nnc(SC(C)C)s1)O2. The molecule has 1 N–H and O–H groups in total. The van der Waals surface area contributed by atoms with Crippen LogP contribution in [-0.4, -0.2) is 48.7 Å². The Kier molecular flexibility index (Phi) is 5.63. The van der Waals surface area contributed by atoms with E-state index in [1.807, 2.05) is 20.8 Å². The van der Waals surface area contributed by atoms with E-state index < -0.39 is 22.0 Å². The summed E-state index contributed by atoms with van der Waals surface area (Å²) in [5, 5.41) is 11.4. The molecule has 1 aromatic heterocycles. The lowest BCUT2D eigenvalue weighted by Gasteiger charge is -2.34. The third-order valence-electron chi connectivity index (χ3n) is 3.65. The van der Waals surface area contributed by atoms with E-state index in [2.05, 4.69) is 15.5 Å². The molecule has 3 rings (SSSR count). The minimum absolute atomic E-state index is 0.104. The number of thioether (sulfide) groups is 1. The van der Waals surface area contributed by atoms with E-state index in [0.717, 1.165) is 16.2 Å². The lowest BCUT2D eigenvalue weighted by atomic mass is 10.1. The smallest absolute Gasteiger partial charge is 0.269 e. The lowest BCUT2D eigenvalue weighted by molar-refractivity contribution is -0.122. The highest BCUT2D eigenvalue weighted by Gasteiger charge is 2.35. The second-order valence-corrected chi connectivity index (χ2v) is 11.1. The molecule has 2 heterocycles. The number of hydrogen-bond acceptors (Lipinski definition) is 8. The van der Waals surface area contributed by atoms with Crippen molar-refractivity contribution < 1.29 is 17.9 Å². The van der Waals surface area contributed by atoms with E-state index in [9.17, 15) is 13.2 Å². The van der Waals surface area contributed by atoms with Gasteiger partial charge >= 0.3 is 0 Å². The number of nitrogens with one attached hydrogen (secondary N) is 1. The fraction of sp³-hybridized carbons (Fsp3) is 0.438. The Morgan fingerprint density at radius 3 is 2.81 bits per heavy atom. The van der Waals surface area contributed by atoms with Gasteiger partial charge in [0.25, 0.3) is 5.91 Å². The molecular weight excluding hydrogens is 408 g/mol. The van der Waals surface area contributed by atoms with Crippen molar-refractivity contribution in [1.29, 1.82) is 0 Å². The number of anilines is 2. The number of hydrogen-bond donors (Lipinski definition) is 1. The number of benzene rings is 1. The summed E-state index contributed by atoms with van der Waals surface area (Å²) in [6.07, 6.45) is 0.125. The van der Waals surface area contributed by atoms with E-state index in [-0.39, 0.29) is 6.54 Å². The van der Waals surface area contributed by atoms with E-state index in [1.54, 1.807) is 30.0 Å². The molecule has 1 amide bonds. The Morgan fingerprint density at radius 2 is 2.15 bits per heavy atom. The minimum Gasteiger partial charge on any atom is -0.476 e. The van der Waals surface area contributed by atoms with Crippen LogP contribution in [0.4, 0.5) is 10.8 Å². The van der Waals surface area contributed by atoms with Crippen LogP contribution in [0, 0.1) is 6.92 Å². The number of fused-ring (bicyclic) bond motifs is 1. The predicted molar refractivity (Wildman–Crippen MR) is 107 cm³/mol. The zero-order chi connectivity index (χ0) is 19.8. The Morgan fingerprint density at radius 1 is 1.41 bits per heavy atom. The summed E-state index contributed by atoms with van der Waals surface area (Å²) in [7, 11) is -3.56. The van der Waals surface area contributed by atoms with Gasteiger partial charge in [0.05, 0.1) is 18.5 Å². The van der Waals surface area contributed by atoms with Crippen molar-refractivity contribution in [3.05, 3.63) is 23.8 Å². The summed E-state index contributed by atoms with van der Waals surface area (Å²) in [4.78, 5) is 12.6. The van der Waals surface area contributed by atoms with Gasteiger partial charge in [-0.1, -0.05) is 43.0 Å². The number of rotatable bonds is 5. The molecule has 1 aliphatic heterocycles. The number of amides is 1. The lowest BCUT2D eigenvalue weighted by Crippen LogP contribution is -2.48. The first-order valence-corrected chi connectivity index (χ1v) is 11.7. The Balaban J connectivity index is 1.80. The highest BCUT2D eigenvalue weighted by Crippen LogP contribution is 2.36. The van der Waals surface area contributed by atoms with Crippen LogP contribution in [0.3, 0.4) is 0 Å². The molecule has 2 aromatic rings. The fourth-order valence-corrected chi connectivity index (χ4v) is 5.39. The molecule has 0 spiro atoms. The molecule has 11 heteroatoms. The average Bonchev–Trinajstić information content (AvgIpc) is 2.98. The van der Waals surface area contributed by atoms with Crippen molar-refractivity contribution in [2.45, 2.75) is 36.5 Å². The summed E-state index contributed by atoms with van der Waals surface area (Å²) in [6.45, 7) is 5.84. The van der Waals surface area contributed by atoms with Gasteiger partial charge in [-0.25, -0.2) is 8.42 Å². The fourth-order valence-electron chi connectivity index (χ4n) is 2.51. The van der Waals surface area contributed by atoms with Gasteiger partial charge < -0.3 is 4.74 Å². The van der Waals surface area contributed by atoms with Gasteiger partial charge in [0.2, 0.25) is 15.2 Å². The van der Waals surface area contributed by atoms with Crippen LogP contribution in [0.5, 0.6) is 5.75 Å². The van der Waals surface area contributed by atoms with Crippen molar-refractivity contribution in [3.63, 3.8) is 0 Å². The van der Waals surface area contributed by atoms with E-state index in [4.69, 9.17) is 4.74 Å². The molecule has 0 saturated carbocycles. The monoisotopic (exact) mass is 428 g/mol. The Labute approximate surface area is 166 Å². The number of ether oxygens (including phenoxy) is 1. The maximum atomic E-state index is 12.6. The molecule has 0 aliphatic carbocycles. The molecule has 0 radical (unpaired) electrons. The molecule has 8 nitrogen and oxygen atoms in total. The Bertz CT molecular complexity index is 958. The van der Waals surface area contributed by atoms with Crippen molar-refractivity contribution in [1.82, 2.24) is 10.2 Å². The summed E-state index contributed by atoms with van der Waals surface area (Å²) < 4.78 is 32.1. The van der Waals surface area contributed by atoms with Crippen LogP contribution >= 0.6 is 23.1 Å². The van der Waals surface area contributed by atoms with Gasteiger partial charge in [0.1, 0.15) is 5.75 Å². The van der Waals surface area contributed by atoms with Crippen molar-refractivity contribution in [2.75, 3.05) is 22.4 Å².